The van der Waals surface area contributed by atoms with Gasteiger partial charge in [0.05, 0.1) is 44.8 Å². The highest BCUT2D eigenvalue weighted by Gasteiger charge is 2.27. The second kappa shape index (κ2) is 15.3. The molecular formula is C60H41N3. The number of rotatable bonds is 8. The Morgan fingerprint density at radius 1 is 0.254 bits per heavy atom. The summed E-state index contributed by atoms with van der Waals surface area (Å²) in [4.78, 5) is 2.53. The van der Waals surface area contributed by atoms with Crippen molar-refractivity contribution in [3.8, 4) is 44.8 Å². The van der Waals surface area contributed by atoms with Crippen LogP contribution in [0, 0.1) is 0 Å². The van der Waals surface area contributed by atoms with Gasteiger partial charge in [-0.25, -0.2) is 0 Å². The summed E-state index contributed by atoms with van der Waals surface area (Å²) in [5.41, 5.74) is 17.2. The fourth-order valence-electron chi connectivity index (χ4n) is 9.89. The van der Waals surface area contributed by atoms with Crippen molar-refractivity contribution in [3.05, 3.63) is 249 Å². The second-order valence-electron chi connectivity index (χ2n) is 16.0. The predicted octanol–water partition coefficient (Wildman–Crippen LogP) is 16.4. The second-order valence-corrected chi connectivity index (χ2v) is 16.0. The molecule has 0 saturated heterocycles. The number of aromatic nitrogens is 2. The van der Waals surface area contributed by atoms with Crippen molar-refractivity contribution in [2.24, 2.45) is 0 Å². The lowest BCUT2D eigenvalue weighted by molar-refractivity contribution is 1.15. The molecule has 0 aliphatic heterocycles. The van der Waals surface area contributed by atoms with Gasteiger partial charge in [0.25, 0.3) is 0 Å². The van der Waals surface area contributed by atoms with Gasteiger partial charge in [0, 0.05) is 32.8 Å². The van der Waals surface area contributed by atoms with Gasteiger partial charge >= 0.3 is 0 Å². The Morgan fingerprint density at radius 2 is 0.683 bits per heavy atom. The zero-order chi connectivity index (χ0) is 41.7. The van der Waals surface area contributed by atoms with Gasteiger partial charge in [-0.3, -0.25) is 0 Å². The molecule has 296 valence electrons. The molecule has 0 amide bonds. The molecule has 2 aromatic heterocycles. The lowest BCUT2D eigenvalue weighted by Crippen LogP contribution is -2.14. The van der Waals surface area contributed by atoms with Crippen molar-refractivity contribution < 1.29 is 0 Å². The van der Waals surface area contributed by atoms with E-state index in [1.807, 2.05) is 0 Å². The molecule has 2 heterocycles. The lowest BCUT2D eigenvalue weighted by atomic mass is 9.88. The standard InChI is InChI=1S/C60H41N3/c1-3-22-42(23-4-1)44-26-7-8-27-45(44)46-28-9-10-29-47(46)48-30-11-15-34-52(48)63(57-39-20-19-38-56(57)62-53-35-16-12-31-49(53)50-32-13-17-36-54(50)62)59-41-21-40-58-60(59)51-33-14-18-37-55(51)61(58)43-24-5-2-6-25-43/h1-41H. The Labute approximate surface area is 366 Å². The summed E-state index contributed by atoms with van der Waals surface area (Å²) in [6.07, 6.45) is 0. The van der Waals surface area contributed by atoms with Crippen LogP contribution in [0.4, 0.5) is 17.1 Å². The van der Waals surface area contributed by atoms with Crippen molar-refractivity contribution >= 4 is 60.7 Å². The average Bonchev–Trinajstić information content (AvgIpc) is 3.88. The van der Waals surface area contributed by atoms with Gasteiger partial charge in [-0.05, 0) is 88.5 Å². The Morgan fingerprint density at radius 3 is 1.35 bits per heavy atom. The zero-order valence-corrected chi connectivity index (χ0v) is 34.5. The number of nitrogens with zero attached hydrogens (tertiary/aromatic N) is 3. The Balaban J connectivity index is 1.18. The maximum Gasteiger partial charge on any atom is 0.0702 e. The minimum absolute atomic E-state index is 1.07. The van der Waals surface area contributed by atoms with Crippen LogP contribution in [0.1, 0.15) is 0 Å². The third-order valence-corrected chi connectivity index (χ3v) is 12.5. The van der Waals surface area contributed by atoms with E-state index in [-0.39, 0.29) is 0 Å². The highest BCUT2D eigenvalue weighted by atomic mass is 15.2. The van der Waals surface area contributed by atoms with E-state index in [4.69, 9.17) is 0 Å². The van der Waals surface area contributed by atoms with Crippen molar-refractivity contribution in [3.63, 3.8) is 0 Å². The molecule has 3 heteroatoms. The van der Waals surface area contributed by atoms with Crippen LogP contribution in [0.2, 0.25) is 0 Å². The number of benzene rings is 10. The van der Waals surface area contributed by atoms with E-state index in [1.54, 1.807) is 0 Å². The van der Waals surface area contributed by atoms with Gasteiger partial charge < -0.3 is 14.0 Å². The third-order valence-electron chi connectivity index (χ3n) is 12.5. The molecule has 63 heavy (non-hydrogen) atoms. The Bertz CT molecular complexity index is 3580. The average molecular weight is 804 g/mol. The number of hydrogen-bond acceptors (Lipinski definition) is 1. The molecule has 0 unspecified atom stereocenters. The van der Waals surface area contributed by atoms with Crippen LogP contribution in [0.5, 0.6) is 0 Å². The van der Waals surface area contributed by atoms with E-state index in [2.05, 4.69) is 263 Å². The number of fused-ring (bicyclic) bond motifs is 6. The maximum atomic E-state index is 2.53. The van der Waals surface area contributed by atoms with E-state index in [9.17, 15) is 0 Å². The van der Waals surface area contributed by atoms with Crippen LogP contribution < -0.4 is 4.90 Å². The molecule has 0 aliphatic rings. The van der Waals surface area contributed by atoms with E-state index < -0.39 is 0 Å². The van der Waals surface area contributed by atoms with Gasteiger partial charge in [0.15, 0.2) is 0 Å². The largest absolute Gasteiger partial charge is 0.309 e. The summed E-state index contributed by atoms with van der Waals surface area (Å²) in [7, 11) is 0. The van der Waals surface area contributed by atoms with E-state index in [0.29, 0.717) is 0 Å². The summed E-state index contributed by atoms with van der Waals surface area (Å²) in [6.45, 7) is 0. The SMILES string of the molecule is c1ccc(-c2ccccc2-c2ccccc2-c2ccccc2N(c2ccccc2-n2c3ccccc3c3ccccc32)c2cccc3c2c2ccccc2n3-c2ccccc2)cc1. The van der Waals surface area contributed by atoms with Crippen molar-refractivity contribution in [2.75, 3.05) is 4.90 Å². The summed E-state index contributed by atoms with van der Waals surface area (Å²) < 4.78 is 4.86. The molecule has 0 atom stereocenters. The zero-order valence-electron chi connectivity index (χ0n) is 34.5. The predicted molar refractivity (Wildman–Crippen MR) is 266 cm³/mol. The molecule has 0 bridgehead atoms. The van der Waals surface area contributed by atoms with Crippen molar-refractivity contribution in [1.29, 1.82) is 0 Å². The molecular weight excluding hydrogens is 763 g/mol. The molecule has 0 N–H and O–H groups in total. The van der Waals surface area contributed by atoms with Crippen LogP contribution in [0.25, 0.3) is 88.4 Å². The van der Waals surface area contributed by atoms with Crippen LogP contribution in [0.3, 0.4) is 0 Å². The first kappa shape index (κ1) is 36.5. The smallest absolute Gasteiger partial charge is 0.0702 e. The van der Waals surface area contributed by atoms with Crippen LogP contribution >= 0.6 is 0 Å². The van der Waals surface area contributed by atoms with Gasteiger partial charge in [-0.1, -0.05) is 188 Å². The molecule has 0 spiro atoms. The molecule has 0 saturated carbocycles. The van der Waals surface area contributed by atoms with Crippen LogP contribution in [0.15, 0.2) is 249 Å². The van der Waals surface area contributed by atoms with Crippen molar-refractivity contribution in [1.82, 2.24) is 9.13 Å². The molecule has 0 radical (unpaired) electrons. The van der Waals surface area contributed by atoms with Crippen LogP contribution in [-0.2, 0) is 0 Å². The topological polar surface area (TPSA) is 13.1 Å². The first-order chi connectivity index (χ1) is 31.3. The monoisotopic (exact) mass is 803 g/mol. The van der Waals surface area contributed by atoms with Gasteiger partial charge in [0.1, 0.15) is 0 Å². The minimum atomic E-state index is 1.07. The van der Waals surface area contributed by atoms with Gasteiger partial charge in [-0.15, -0.1) is 0 Å². The molecule has 0 aliphatic carbocycles. The molecule has 3 nitrogen and oxygen atoms in total. The number of hydrogen-bond donors (Lipinski definition) is 0. The molecule has 12 aromatic rings. The summed E-state index contributed by atoms with van der Waals surface area (Å²) >= 11 is 0. The maximum absolute atomic E-state index is 2.53. The van der Waals surface area contributed by atoms with E-state index in [1.165, 1.54) is 54.8 Å². The first-order valence-electron chi connectivity index (χ1n) is 21.6. The Hall–Kier alpha value is -8.40. The van der Waals surface area contributed by atoms with Crippen LogP contribution in [-0.4, -0.2) is 9.13 Å². The molecule has 10 aromatic carbocycles. The van der Waals surface area contributed by atoms with Gasteiger partial charge in [0.2, 0.25) is 0 Å². The third kappa shape index (κ3) is 5.97. The first-order valence-corrected chi connectivity index (χ1v) is 21.6. The fourth-order valence-corrected chi connectivity index (χ4v) is 9.89. The molecule has 0 fully saturated rings. The summed E-state index contributed by atoms with van der Waals surface area (Å²) in [6, 6.07) is 90.2. The number of para-hydroxylation sites is 7. The minimum Gasteiger partial charge on any atom is -0.309 e. The highest BCUT2D eigenvalue weighted by Crippen LogP contribution is 2.50. The van der Waals surface area contributed by atoms with Gasteiger partial charge in [-0.2, -0.15) is 0 Å². The summed E-state index contributed by atoms with van der Waals surface area (Å²) in [5, 5.41) is 4.84. The van der Waals surface area contributed by atoms with Crippen molar-refractivity contribution in [2.45, 2.75) is 0 Å². The van der Waals surface area contributed by atoms with E-state index in [0.717, 1.165) is 50.6 Å². The summed E-state index contributed by atoms with van der Waals surface area (Å²) in [5.74, 6) is 0. The number of anilines is 3. The lowest BCUT2D eigenvalue weighted by Gasteiger charge is -2.31. The molecule has 12 rings (SSSR count). The Kier molecular flexibility index (Phi) is 8.83. The highest BCUT2D eigenvalue weighted by molar-refractivity contribution is 6.18. The normalized spacial score (nSPS) is 11.5. The fraction of sp³-hybridized carbons (Fsp3) is 0. The quantitative estimate of drug-likeness (QED) is 0.149. The van der Waals surface area contributed by atoms with E-state index >= 15 is 0 Å².